The molecule has 2 aliphatic carbocycles. The van der Waals surface area contributed by atoms with Gasteiger partial charge in [0.05, 0.1) is 38.0 Å². The van der Waals surface area contributed by atoms with Crippen LogP contribution in [0.4, 0.5) is 9.59 Å². The summed E-state index contributed by atoms with van der Waals surface area (Å²) in [5.41, 5.74) is 11.0. The number of aromatic amines is 2. The van der Waals surface area contributed by atoms with Crippen LogP contribution < -0.4 is 10.9 Å². The molecule has 6 rings (SSSR count). The van der Waals surface area contributed by atoms with Crippen LogP contribution in [0.15, 0.2) is 60.9 Å². The number of benzene rings is 2. The minimum absolute atomic E-state index is 0.0802. The van der Waals surface area contributed by atoms with Crippen molar-refractivity contribution >= 4 is 24.0 Å². The van der Waals surface area contributed by atoms with Gasteiger partial charge < -0.3 is 19.4 Å². The van der Waals surface area contributed by atoms with Crippen molar-refractivity contribution in [1.82, 2.24) is 40.8 Å². The summed E-state index contributed by atoms with van der Waals surface area (Å²) in [5.74, 6) is 0.495. The van der Waals surface area contributed by atoms with E-state index >= 15 is 0 Å². The fraction of sp³-hybridized carbons (Fsp3) is 0.450. The molecule has 4 aromatic rings. The minimum atomic E-state index is -0.672. The number of methoxy groups -OCH3 is 2. The molecule has 14 heteroatoms. The molecule has 286 valence electrons. The molecule has 2 aromatic carbocycles. The highest BCUT2D eigenvalue weighted by atomic mass is 16.5. The smallest absolute Gasteiger partial charge is 0.425 e. The first-order chi connectivity index (χ1) is 26.0. The van der Waals surface area contributed by atoms with E-state index in [0.717, 1.165) is 83.8 Å². The number of rotatable bonds is 9. The summed E-state index contributed by atoms with van der Waals surface area (Å²) in [4.78, 5) is 67.2. The summed E-state index contributed by atoms with van der Waals surface area (Å²) in [7, 11) is 2.55. The molecule has 14 nitrogen and oxygen atoms in total. The average molecular weight is 739 g/mol. The second kappa shape index (κ2) is 16.6. The van der Waals surface area contributed by atoms with Crippen LogP contribution in [-0.4, -0.2) is 80.3 Å². The third-order valence-electron chi connectivity index (χ3n) is 10.6. The van der Waals surface area contributed by atoms with Crippen LogP contribution in [-0.2, 0) is 19.1 Å². The Kier molecular flexibility index (Phi) is 11.7. The highest BCUT2D eigenvalue weighted by Gasteiger charge is 2.41. The molecular weight excluding hydrogens is 688 g/mol. The van der Waals surface area contributed by atoms with E-state index in [2.05, 4.69) is 69.4 Å². The molecule has 0 spiro atoms. The van der Waals surface area contributed by atoms with Crippen LogP contribution in [0.2, 0.25) is 0 Å². The van der Waals surface area contributed by atoms with Crippen molar-refractivity contribution in [3.05, 3.63) is 72.6 Å². The summed E-state index contributed by atoms with van der Waals surface area (Å²) >= 11 is 0. The fourth-order valence-corrected chi connectivity index (χ4v) is 7.72. The molecule has 0 saturated heterocycles. The number of hydrazine groups is 2. The van der Waals surface area contributed by atoms with Gasteiger partial charge in [0.1, 0.15) is 11.6 Å². The summed E-state index contributed by atoms with van der Waals surface area (Å²) in [6.07, 6.45) is 7.17. The number of ether oxygens (including phenoxy) is 2. The summed E-state index contributed by atoms with van der Waals surface area (Å²) in [6.45, 7) is 7.41. The van der Waals surface area contributed by atoms with E-state index in [-0.39, 0.29) is 47.6 Å². The van der Waals surface area contributed by atoms with E-state index < -0.39 is 12.2 Å². The van der Waals surface area contributed by atoms with Crippen molar-refractivity contribution in [2.45, 2.75) is 90.1 Å². The average Bonchev–Trinajstić information content (AvgIpc) is 4.02. The molecule has 4 atom stereocenters. The number of aromatic nitrogens is 4. The largest absolute Gasteiger partial charge is 0.452 e. The maximum absolute atomic E-state index is 13.5. The minimum Gasteiger partial charge on any atom is -0.452 e. The molecule has 2 aromatic heterocycles. The van der Waals surface area contributed by atoms with Gasteiger partial charge in [-0.25, -0.2) is 40.4 Å². The van der Waals surface area contributed by atoms with E-state index in [4.69, 9.17) is 19.4 Å². The molecule has 54 heavy (non-hydrogen) atoms. The molecule has 4 N–H and O–H groups in total. The molecule has 2 aliphatic rings. The Labute approximate surface area is 315 Å². The van der Waals surface area contributed by atoms with Crippen molar-refractivity contribution in [2.75, 3.05) is 14.2 Å². The van der Waals surface area contributed by atoms with E-state index in [1.807, 2.05) is 40.1 Å². The number of hydrogen-bond donors (Lipinski definition) is 4. The molecular formula is C40H50N8O6. The maximum Gasteiger partial charge on any atom is 0.425 e. The first-order valence-corrected chi connectivity index (χ1v) is 18.6. The second-order valence-electron chi connectivity index (χ2n) is 14.6. The normalized spacial score (nSPS) is 19.5. The van der Waals surface area contributed by atoms with Crippen LogP contribution in [0.25, 0.3) is 33.6 Å². The van der Waals surface area contributed by atoms with Gasteiger partial charge in [-0.15, -0.1) is 0 Å². The van der Waals surface area contributed by atoms with Crippen LogP contribution in [0.5, 0.6) is 0 Å². The number of carbonyl (C=O) groups excluding carboxylic acids is 4. The van der Waals surface area contributed by atoms with Gasteiger partial charge in [-0.2, -0.15) is 0 Å². The molecule has 0 bridgehead atoms. The van der Waals surface area contributed by atoms with Gasteiger partial charge >= 0.3 is 12.2 Å². The van der Waals surface area contributed by atoms with Crippen molar-refractivity contribution < 1.29 is 28.7 Å². The predicted molar refractivity (Wildman–Crippen MR) is 202 cm³/mol. The van der Waals surface area contributed by atoms with Gasteiger partial charge in [0.25, 0.3) is 0 Å². The summed E-state index contributed by atoms with van der Waals surface area (Å²) in [5, 5.41) is 2.73. The standard InChI is InChI=1S/C40H50N8O6/c1-23(2)47(45-39(51)53-5)37(49)31-11-7-9-29(31)35-41-21-33(43-35)27-17-13-25(14-18-27)26-15-19-28(20-16-26)34-22-42-36(44-34)30-10-8-12-32(30)38(50)48(24(3)4)46-40(52)54-6/h13-24,29-32H,7-12H2,1-6H3,(H,41,43)(H,42,44)(H,45,51)(H,46,52). The zero-order valence-electron chi connectivity index (χ0n) is 31.7. The number of hydrogen-bond acceptors (Lipinski definition) is 8. The van der Waals surface area contributed by atoms with Crippen molar-refractivity contribution in [1.29, 1.82) is 0 Å². The topological polar surface area (TPSA) is 175 Å². The Hall–Kier alpha value is -5.66. The lowest BCUT2D eigenvalue weighted by atomic mass is 9.94. The van der Waals surface area contributed by atoms with E-state index in [1.165, 1.54) is 24.2 Å². The van der Waals surface area contributed by atoms with Gasteiger partial charge in [0, 0.05) is 35.8 Å². The Bertz CT molecular complexity index is 1800. The summed E-state index contributed by atoms with van der Waals surface area (Å²) in [6, 6.07) is 16.1. The number of nitrogens with one attached hydrogen (secondary N) is 4. The van der Waals surface area contributed by atoms with E-state index in [1.54, 1.807) is 0 Å². The monoisotopic (exact) mass is 738 g/mol. The predicted octanol–water partition coefficient (Wildman–Crippen LogP) is 6.92. The molecule has 2 saturated carbocycles. The molecule has 0 radical (unpaired) electrons. The Morgan fingerprint density at radius 3 is 1.30 bits per heavy atom. The summed E-state index contributed by atoms with van der Waals surface area (Å²) < 4.78 is 9.45. The lowest BCUT2D eigenvalue weighted by molar-refractivity contribution is -0.141. The van der Waals surface area contributed by atoms with E-state index in [9.17, 15) is 19.2 Å². The highest BCUT2D eigenvalue weighted by Crippen LogP contribution is 2.41. The Morgan fingerprint density at radius 2 is 0.963 bits per heavy atom. The molecule has 2 heterocycles. The lowest BCUT2D eigenvalue weighted by Crippen LogP contribution is -2.52. The van der Waals surface area contributed by atoms with Gasteiger partial charge in [0.15, 0.2) is 0 Å². The third-order valence-corrected chi connectivity index (χ3v) is 10.6. The van der Waals surface area contributed by atoms with Gasteiger partial charge in [-0.05, 0) is 75.6 Å². The van der Waals surface area contributed by atoms with Crippen molar-refractivity contribution in [3.63, 3.8) is 0 Å². The molecule has 2 fully saturated rings. The van der Waals surface area contributed by atoms with Gasteiger partial charge in [0.2, 0.25) is 11.8 Å². The molecule has 4 unspecified atom stereocenters. The Balaban J connectivity index is 1.11. The number of imidazole rings is 2. The maximum atomic E-state index is 13.5. The van der Waals surface area contributed by atoms with Crippen molar-refractivity contribution in [3.8, 4) is 33.6 Å². The van der Waals surface area contributed by atoms with Gasteiger partial charge in [-0.3, -0.25) is 9.59 Å². The quantitative estimate of drug-likeness (QED) is 0.134. The molecule has 0 aliphatic heterocycles. The number of amides is 4. The Morgan fingerprint density at radius 1 is 0.611 bits per heavy atom. The van der Waals surface area contributed by atoms with Crippen molar-refractivity contribution in [2.24, 2.45) is 11.8 Å². The number of nitrogens with zero attached hydrogens (tertiary/aromatic N) is 4. The van der Waals surface area contributed by atoms with Crippen LogP contribution in [0.3, 0.4) is 0 Å². The molecule has 4 amide bonds. The zero-order chi connectivity index (χ0) is 38.5. The lowest BCUT2D eigenvalue weighted by Gasteiger charge is -2.30. The zero-order valence-corrected chi connectivity index (χ0v) is 31.7. The SMILES string of the molecule is COC(=O)NN(C(=O)C1CCCC1c1ncc(-c2ccc(-c3ccc(-c4cnc(C5CCCC5C(=O)N(NC(=O)OC)C(C)C)[nH]4)cc3)cc2)[nH]1)C(C)C. The first kappa shape index (κ1) is 38.1. The fourth-order valence-electron chi connectivity index (χ4n) is 7.72. The van der Waals surface area contributed by atoms with Gasteiger partial charge in [-0.1, -0.05) is 61.4 Å². The third kappa shape index (κ3) is 8.12. The first-order valence-electron chi connectivity index (χ1n) is 18.6. The van der Waals surface area contributed by atoms with Crippen LogP contribution in [0, 0.1) is 11.8 Å². The van der Waals surface area contributed by atoms with Crippen LogP contribution in [0.1, 0.15) is 89.7 Å². The number of H-pyrrole nitrogens is 2. The second-order valence-corrected chi connectivity index (χ2v) is 14.6. The number of carbonyl (C=O) groups is 4. The highest BCUT2D eigenvalue weighted by molar-refractivity contribution is 5.83. The van der Waals surface area contributed by atoms with Crippen LogP contribution >= 0.6 is 0 Å². The van der Waals surface area contributed by atoms with E-state index in [0.29, 0.717) is 0 Å².